The van der Waals surface area contributed by atoms with Crippen molar-refractivity contribution in [2.75, 3.05) is 0 Å². The van der Waals surface area contributed by atoms with Gasteiger partial charge in [-0.1, -0.05) is 156 Å². The second-order valence-electron chi connectivity index (χ2n) is 12.1. The molecule has 0 heterocycles. The summed E-state index contributed by atoms with van der Waals surface area (Å²) in [5.74, 6) is 0.790. The summed E-state index contributed by atoms with van der Waals surface area (Å²) in [7, 11) is 0. The van der Waals surface area contributed by atoms with E-state index in [0.717, 1.165) is 5.92 Å². The fourth-order valence-electron chi connectivity index (χ4n) is 6.27. The first-order chi connectivity index (χ1) is 18.2. The van der Waals surface area contributed by atoms with E-state index in [1.165, 1.54) is 161 Å². The van der Waals surface area contributed by atoms with Crippen LogP contribution in [0, 0.1) is 0 Å². The fourth-order valence-corrected chi connectivity index (χ4v) is 6.27. The van der Waals surface area contributed by atoms with E-state index in [-0.39, 0.29) is 0 Å². The molecule has 0 heteroatoms. The van der Waals surface area contributed by atoms with Crippen LogP contribution in [0.1, 0.15) is 204 Å². The summed E-state index contributed by atoms with van der Waals surface area (Å²) in [5.41, 5.74) is 7.15. The SMILES string of the molecule is CCCCCCc1ccc(C(CCCCCC)CCCCCC)c(CCCCCC)c1CCCCCC. The summed E-state index contributed by atoms with van der Waals surface area (Å²) >= 11 is 0. The largest absolute Gasteiger partial charge is 0.0654 e. The average Bonchev–Trinajstić information content (AvgIpc) is 2.91. The molecule has 1 aromatic carbocycles. The molecule has 0 aromatic heterocycles. The van der Waals surface area contributed by atoms with Crippen molar-refractivity contribution in [3.8, 4) is 0 Å². The Morgan fingerprint density at radius 3 is 1.27 bits per heavy atom. The molecule has 0 spiro atoms. The van der Waals surface area contributed by atoms with Crippen LogP contribution < -0.4 is 0 Å². The molecule has 1 aromatic rings. The molecule has 0 nitrogen and oxygen atoms in total. The highest BCUT2D eigenvalue weighted by Gasteiger charge is 2.20. The van der Waals surface area contributed by atoms with E-state index < -0.39 is 0 Å². The predicted octanol–water partition coefficient (Wildman–Crippen LogP) is 13.1. The van der Waals surface area contributed by atoms with Crippen molar-refractivity contribution in [3.05, 3.63) is 34.4 Å². The lowest BCUT2D eigenvalue weighted by Gasteiger charge is -2.26. The van der Waals surface area contributed by atoms with Gasteiger partial charge in [0, 0.05) is 0 Å². The van der Waals surface area contributed by atoms with Crippen LogP contribution in [0.3, 0.4) is 0 Å². The topological polar surface area (TPSA) is 0 Å². The van der Waals surface area contributed by atoms with Gasteiger partial charge in [0.1, 0.15) is 0 Å². The first-order valence-electron chi connectivity index (χ1n) is 17.4. The summed E-state index contributed by atoms with van der Waals surface area (Å²) in [6.45, 7) is 11.7. The highest BCUT2D eigenvalue weighted by molar-refractivity contribution is 5.43. The van der Waals surface area contributed by atoms with Gasteiger partial charge in [-0.3, -0.25) is 0 Å². The Hall–Kier alpha value is -0.780. The number of rotatable bonds is 26. The third kappa shape index (κ3) is 15.4. The van der Waals surface area contributed by atoms with Crippen molar-refractivity contribution in [1.29, 1.82) is 0 Å². The lowest BCUT2D eigenvalue weighted by molar-refractivity contribution is 0.492. The Morgan fingerprint density at radius 1 is 0.405 bits per heavy atom. The molecule has 0 fully saturated rings. The quantitative estimate of drug-likeness (QED) is 0.108. The van der Waals surface area contributed by atoms with Crippen LogP contribution in [-0.2, 0) is 19.3 Å². The van der Waals surface area contributed by atoms with Gasteiger partial charge >= 0.3 is 0 Å². The number of aryl methyl sites for hydroxylation is 1. The molecule has 0 bridgehead atoms. The third-order valence-corrected chi connectivity index (χ3v) is 8.68. The molecule has 1 rings (SSSR count). The maximum absolute atomic E-state index is 2.64. The van der Waals surface area contributed by atoms with E-state index in [1.54, 1.807) is 11.1 Å². The van der Waals surface area contributed by atoms with Gasteiger partial charge < -0.3 is 0 Å². The minimum absolute atomic E-state index is 0.790. The van der Waals surface area contributed by atoms with Gasteiger partial charge in [-0.2, -0.15) is 0 Å². The zero-order valence-corrected chi connectivity index (χ0v) is 26.4. The third-order valence-electron chi connectivity index (χ3n) is 8.68. The van der Waals surface area contributed by atoms with E-state index >= 15 is 0 Å². The van der Waals surface area contributed by atoms with E-state index in [4.69, 9.17) is 0 Å². The van der Waals surface area contributed by atoms with E-state index in [0.29, 0.717) is 0 Å². The number of benzene rings is 1. The first-order valence-corrected chi connectivity index (χ1v) is 17.4. The maximum Gasteiger partial charge on any atom is -0.0159 e. The van der Waals surface area contributed by atoms with Crippen LogP contribution in [0.25, 0.3) is 0 Å². The summed E-state index contributed by atoms with van der Waals surface area (Å²) in [6.07, 6.45) is 34.6. The molecule has 37 heavy (non-hydrogen) atoms. The zero-order chi connectivity index (χ0) is 27.0. The monoisotopic (exact) mass is 513 g/mol. The minimum atomic E-state index is 0.790. The van der Waals surface area contributed by atoms with Crippen molar-refractivity contribution in [3.63, 3.8) is 0 Å². The summed E-state index contributed by atoms with van der Waals surface area (Å²) in [6, 6.07) is 5.25. The Labute approximate surface area is 235 Å². The Balaban J connectivity index is 3.28. The molecule has 0 saturated heterocycles. The molecule has 0 atom stereocenters. The van der Waals surface area contributed by atoms with Gasteiger partial charge in [0.05, 0.1) is 0 Å². The van der Waals surface area contributed by atoms with Gasteiger partial charge in [-0.25, -0.2) is 0 Å². The predicted molar refractivity (Wildman–Crippen MR) is 170 cm³/mol. The van der Waals surface area contributed by atoms with Gasteiger partial charge in [-0.05, 0) is 79.5 Å². The fraction of sp³-hybridized carbons (Fsp3) is 0.838. The standard InChI is InChI=1S/C37H68/c1-6-11-16-21-26-33(27-22-17-12-7-2)36-32-31-34(28-23-18-13-8-3)35(29-24-19-14-9-4)37(36)30-25-20-15-10-5/h31-33H,6-30H2,1-5H3. The lowest BCUT2D eigenvalue weighted by atomic mass is 9.79. The number of hydrogen-bond acceptors (Lipinski definition) is 0. The second-order valence-corrected chi connectivity index (χ2v) is 12.1. The summed E-state index contributed by atoms with van der Waals surface area (Å²) in [4.78, 5) is 0. The highest BCUT2D eigenvalue weighted by Crippen LogP contribution is 2.36. The number of unbranched alkanes of at least 4 members (excludes halogenated alkanes) is 15. The van der Waals surface area contributed by atoms with E-state index in [9.17, 15) is 0 Å². The molecular formula is C37H68. The van der Waals surface area contributed by atoms with Crippen LogP contribution in [0.15, 0.2) is 12.1 Å². The Bertz CT molecular complexity index is 615. The molecule has 0 aliphatic carbocycles. The molecule has 0 N–H and O–H groups in total. The van der Waals surface area contributed by atoms with Gasteiger partial charge in [-0.15, -0.1) is 0 Å². The summed E-state index contributed by atoms with van der Waals surface area (Å²) in [5, 5.41) is 0. The molecule has 0 amide bonds. The van der Waals surface area contributed by atoms with Crippen LogP contribution in [0.5, 0.6) is 0 Å². The maximum atomic E-state index is 2.64. The first kappa shape index (κ1) is 34.2. The van der Waals surface area contributed by atoms with E-state index in [2.05, 4.69) is 46.8 Å². The van der Waals surface area contributed by atoms with E-state index in [1.807, 2.05) is 11.1 Å². The number of hydrogen-bond donors (Lipinski definition) is 0. The van der Waals surface area contributed by atoms with Gasteiger partial charge in [0.25, 0.3) is 0 Å². The zero-order valence-electron chi connectivity index (χ0n) is 26.4. The van der Waals surface area contributed by atoms with Crippen molar-refractivity contribution in [2.24, 2.45) is 0 Å². The van der Waals surface area contributed by atoms with Gasteiger partial charge in [0.15, 0.2) is 0 Å². The Morgan fingerprint density at radius 2 is 0.811 bits per heavy atom. The summed E-state index contributed by atoms with van der Waals surface area (Å²) < 4.78 is 0. The molecule has 0 aliphatic rings. The second kappa shape index (κ2) is 24.3. The smallest absolute Gasteiger partial charge is 0.0159 e. The van der Waals surface area contributed by atoms with Crippen LogP contribution in [0.4, 0.5) is 0 Å². The molecule has 216 valence electrons. The molecule has 0 unspecified atom stereocenters. The van der Waals surface area contributed by atoms with Crippen LogP contribution >= 0.6 is 0 Å². The van der Waals surface area contributed by atoms with Crippen molar-refractivity contribution in [1.82, 2.24) is 0 Å². The Kier molecular flexibility index (Phi) is 22.5. The van der Waals surface area contributed by atoms with Crippen LogP contribution in [-0.4, -0.2) is 0 Å². The van der Waals surface area contributed by atoms with Gasteiger partial charge in [0.2, 0.25) is 0 Å². The molecule has 0 saturated carbocycles. The van der Waals surface area contributed by atoms with Crippen LogP contribution in [0.2, 0.25) is 0 Å². The van der Waals surface area contributed by atoms with Crippen molar-refractivity contribution < 1.29 is 0 Å². The molecular weight excluding hydrogens is 444 g/mol. The van der Waals surface area contributed by atoms with Crippen molar-refractivity contribution >= 4 is 0 Å². The minimum Gasteiger partial charge on any atom is -0.0654 e. The molecule has 0 aliphatic heterocycles. The van der Waals surface area contributed by atoms with Crippen molar-refractivity contribution in [2.45, 2.75) is 201 Å². The normalized spacial score (nSPS) is 11.6. The highest BCUT2D eigenvalue weighted by atomic mass is 14.2. The molecule has 0 radical (unpaired) electrons. The average molecular weight is 513 g/mol. The lowest BCUT2D eigenvalue weighted by Crippen LogP contribution is -2.10.